The molecule has 0 amide bonds. The zero-order valence-corrected chi connectivity index (χ0v) is 11.4. The van der Waals surface area contributed by atoms with E-state index in [9.17, 15) is 0 Å². The van der Waals surface area contributed by atoms with Crippen LogP contribution in [0.25, 0.3) is 0 Å². The second-order valence-electron chi connectivity index (χ2n) is 4.80. The number of fused-ring (bicyclic) bond motifs is 3. The largest absolute Gasteiger partial charge is 0.493 e. The van der Waals surface area contributed by atoms with Crippen LogP contribution in [0.4, 0.5) is 0 Å². The monoisotopic (exact) mass is 269 g/mol. The highest BCUT2D eigenvalue weighted by molar-refractivity contribution is 7.99. The molecule has 0 spiro atoms. The van der Waals surface area contributed by atoms with E-state index >= 15 is 0 Å². The quantitative estimate of drug-likeness (QED) is 0.785. The lowest BCUT2D eigenvalue weighted by Gasteiger charge is -2.17. The number of thioether (sulfide) groups is 1. The van der Waals surface area contributed by atoms with E-state index in [1.54, 1.807) is 0 Å². The summed E-state index contributed by atoms with van der Waals surface area (Å²) < 4.78 is 5.76. The Hall–Kier alpha value is -0.380. The van der Waals surface area contributed by atoms with Crippen molar-refractivity contribution in [1.82, 2.24) is 0 Å². The molecule has 2 heterocycles. The average Bonchev–Trinajstić information content (AvgIpc) is 2.66. The van der Waals surface area contributed by atoms with E-state index in [2.05, 4.69) is 6.92 Å². The van der Waals surface area contributed by atoms with Gasteiger partial charge in [-0.25, -0.2) is 0 Å². The Kier molecular flexibility index (Phi) is 3.01. The molecule has 2 atom stereocenters. The van der Waals surface area contributed by atoms with Gasteiger partial charge in [-0.3, -0.25) is 0 Å². The molecule has 0 bridgehead atoms. The number of ether oxygens (including phenoxy) is 1. The first kappa shape index (κ1) is 11.7. The summed E-state index contributed by atoms with van der Waals surface area (Å²) in [6.45, 7) is 3.00. The van der Waals surface area contributed by atoms with Gasteiger partial charge in [0.15, 0.2) is 0 Å². The van der Waals surface area contributed by atoms with Crippen LogP contribution in [0.3, 0.4) is 0 Å². The van der Waals surface area contributed by atoms with E-state index < -0.39 is 0 Å². The predicted molar refractivity (Wildman–Crippen MR) is 73.0 cm³/mol. The normalized spacial score (nSPS) is 27.0. The molecule has 1 aromatic carbocycles. The molecule has 2 aliphatic rings. The van der Waals surface area contributed by atoms with Crippen LogP contribution in [0.15, 0.2) is 6.07 Å². The molecule has 2 N–H and O–H groups in total. The molecule has 17 heavy (non-hydrogen) atoms. The lowest BCUT2D eigenvalue weighted by atomic mass is 9.95. The van der Waals surface area contributed by atoms with Crippen molar-refractivity contribution in [2.75, 3.05) is 6.61 Å². The fourth-order valence-corrected chi connectivity index (χ4v) is 4.17. The summed E-state index contributed by atoms with van der Waals surface area (Å²) in [6, 6.07) is 2.08. The van der Waals surface area contributed by atoms with E-state index in [1.807, 2.05) is 17.8 Å². The average molecular weight is 270 g/mol. The van der Waals surface area contributed by atoms with Crippen LogP contribution < -0.4 is 10.5 Å². The van der Waals surface area contributed by atoms with Gasteiger partial charge in [0.1, 0.15) is 5.75 Å². The standard InChI is InChI=1S/C13H16ClNOS/c1-7-4-11(15)12-9(6-17-7)13-8(2-3-16-13)5-10(12)14/h5,7,11H,2-4,6,15H2,1H3/t7?,11-/m0/s1. The Morgan fingerprint density at radius 2 is 2.35 bits per heavy atom. The van der Waals surface area contributed by atoms with Crippen LogP contribution >= 0.6 is 23.4 Å². The Bertz CT molecular complexity index is 463. The van der Waals surface area contributed by atoms with Crippen LogP contribution in [-0.2, 0) is 12.2 Å². The Morgan fingerprint density at radius 3 is 3.18 bits per heavy atom. The van der Waals surface area contributed by atoms with Gasteiger partial charge in [-0.2, -0.15) is 11.8 Å². The number of hydrogen-bond donors (Lipinski definition) is 1. The minimum absolute atomic E-state index is 0.0389. The molecule has 0 fully saturated rings. The number of hydrogen-bond acceptors (Lipinski definition) is 3. The van der Waals surface area contributed by atoms with Crippen molar-refractivity contribution in [2.45, 2.75) is 36.8 Å². The minimum atomic E-state index is 0.0389. The van der Waals surface area contributed by atoms with E-state index in [1.165, 1.54) is 11.1 Å². The molecule has 0 saturated carbocycles. The third kappa shape index (κ3) is 1.94. The van der Waals surface area contributed by atoms with Crippen molar-refractivity contribution >= 4 is 23.4 Å². The predicted octanol–water partition coefficient (Wildman–Crippen LogP) is 3.30. The summed E-state index contributed by atoms with van der Waals surface area (Å²) in [5.74, 6) is 2.02. The number of benzene rings is 1. The summed E-state index contributed by atoms with van der Waals surface area (Å²) in [4.78, 5) is 0. The van der Waals surface area contributed by atoms with Gasteiger partial charge in [0, 0.05) is 34.1 Å². The summed E-state index contributed by atoms with van der Waals surface area (Å²) >= 11 is 8.34. The number of nitrogens with two attached hydrogens (primary N) is 1. The SMILES string of the molecule is CC1C[C@H](N)c2c(Cl)cc3c(c2CS1)OCC3. The maximum absolute atomic E-state index is 6.40. The second-order valence-corrected chi connectivity index (χ2v) is 6.64. The van der Waals surface area contributed by atoms with Crippen LogP contribution in [0.5, 0.6) is 5.75 Å². The number of rotatable bonds is 0. The Labute approximate surface area is 111 Å². The Morgan fingerprint density at radius 1 is 1.53 bits per heavy atom. The maximum atomic E-state index is 6.40. The summed E-state index contributed by atoms with van der Waals surface area (Å²) in [6.07, 6.45) is 1.95. The van der Waals surface area contributed by atoms with E-state index in [0.29, 0.717) is 5.25 Å². The molecule has 0 saturated heterocycles. The van der Waals surface area contributed by atoms with Crippen molar-refractivity contribution in [1.29, 1.82) is 0 Å². The molecule has 1 aromatic rings. The van der Waals surface area contributed by atoms with Crippen molar-refractivity contribution in [2.24, 2.45) is 5.73 Å². The third-order valence-corrected chi connectivity index (χ3v) is 5.07. The van der Waals surface area contributed by atoms with Crippen molar-refractivity contribution < 1.29 is 4.74 Å². The lowest BCUT2D eigenvalue weighted by molar-refractivity contribution is 0.354. The molecule has 1 unspecified atom stereocenters. The molecule has 0 aromatic heterocycles. The van der Waals surface area contributed by atoms with Gasteiger partial charge < -0.3 is 10.5 Å². The highest BCUT2D eigenvalue weighted by Gasteiger charge is 2.28. The van der Waals surface area contributed by atoms with Crippen molar-refractivity contribution in [3.8, 4) is 5.75 Å². The summed E-state index contributed by atoms with van der Waals surface area (Å²) in [5, 5.41) is 1.40. The first-order valence-corrected chi connectivity index (χ1v) is 7.43. The molecule has 0 aliphatic carbocycles. The van der Waals surface area contributed by atoms with Gasteiger partial charge in [-0.15, -0.1) is 0 Å². The van der Waals surface area contributed by atoms with Gasteiger partial charge in [-0.1, -0.05) is 18.5 Å². The zero-order chi connectivity index (χ0) is 12.0. The fourth-order valence-electron chi connectivity index (χ4n) is 2.70. The van der Waals surface area contributed by atoms with Crippen LogP contribution in [0.2, 0.25) is 5.02 Å². The summed E-state index contributed by atoms with van der Waals surface area (Å²) in [7, 11) is 0. The van der Waals surface area contributed by atoms with E-state index in [-0.39, 0.29) is 6.04 Å². The second kappa shape index (κ2) is 4.38. The van der Waals surface area contributed by atoms with Gasteiger partial charge in [-0.05, 0) is 23.6 Å². The first-order chi connectivity index (χ1) is 8.16. The molecular weight excluding hydrogens is 254 g/mol. The Balaban J connectivity index is 2.16. The zero-order valence-electron chi connectivity index (χ0n) is 9.83. The summed E-state index contributed by atoms with van der Waals surface area (Å²) in [5.41, 5.74) is 9.88. The molecular formula is C13H16ClNOS. The van der Waals surface area contributed by atoms with Crippen molar-refractivity contribution in [3.05, 3.63) is 27.8 Å². The van der Waals surface area contributed by atoms with E-state index in [4.69, 9.17) is 22.1 Å². The highest BCUT2D eigenvalue weighted by Crippen LogP contribution is 2.44. The maximum Gasteiger partial charge on any atom is 0.127 e. The van der Waals surface area contributed by atoms with Gasteiger partial charge in [0.05, 0.1) is 6.61 Å². The first-order valence-electron chi connectivity index (χ1n) is 6.01. The van der Waals surface area contributed by atoms with Gasteiger partial charge in [0.25, 0.3) is 0 Å². The molecule has 2 nitrogen and oxygen atoms in total. The highest BCUT2D eigenvalue weighted by atomic mass is 35.5. The van der Waals surface area contributed by atoms with Gasteiger partial charge in [0.2, 0.25) is 0 Å². The van der Waals surface area contributed by atoms with E-state index in [0.717, 1.165) is 41.5 Å². The molecule has 4 heteroatoms. The van der Waals surface area contributed by atoms with Gasteiger partial charge >= 0.3 is 0 Å². The van der Waals surface area contributed by atoms with Crippen LogP contribution in [-0.4, -0.2) is 11.9 Å². The minimum Gasteiger partial charge on any atom is -0.493 e. The smallest absolute Gasteiger partial charge is 0.127 e. The van der Waals surface area contributed by atoms with Crippen LogP contribution in [0, 0.1) is 0 Å². The third-order valence-electron chi connectivity index (χ3n) is 3.54. The molecule has 2 aliphatic heterocycles. The fraction of sp³-hybridized carbons (Fsp3) is 0.538. The topological polar surface area (TPSA) is 35.2 Å². The number of halogens is 1. The molecule has 92 valence electrons. The lowest BCUT2D eigenvalue weighted by Crippen LogP contribution is -2.15. The molecule has 3 rings (SSSR count). The van der Waals surface area contributed by atoms with Crippen LogP contribution in [0.1, 0.15) is 36.1 Å². The molecule has 0 radical (unpaired) electrons. The van der Waals surface area contributed by atoms with Crippen molar-refractivity contribution in [3.63, 3.8) is 0 Å².